The maximum Gasteiger partial charge on any atom is 0.281 e. The molecule has 0 bridgehead atoms. The quantitative estimate of drug-likeness (QED) is 0.788. The Morgan fingerprint density at radius 3 is 2.48 bits per heavy atom. The van der Waals surface area contributed by atoms with Crippen LogP contribution in [0.4, 0.5) is 0 Å². The zero-order chi connectivity index (χ0) is 18.0. The van der Waals surface area contributed by atoms with E-state index in [9.17, 15) is 8.42 Å². The van der Waals surface area contributed by atoms with Gasteiger partial charge in [0, 0.05) is 58.4 Å². The van der Waals surface area contributed by atoms with Crippen LogP contribution in [0.5, 0.6) is 0 Å². The monoisotopic (exact) mass is 364 g/mol. The van der Waals surface area contributed by atoms with Crippen LogP contribution in [0.2, 0.25) is 0 Å². The Bertz CT molecular complexity index is 825. The maximum absolute atomic E-state index is 12.2. The van der Waals surface area contributed by atoms with Crippen molar-refractivity contribution in [3.05, 3.63) is 30.5 Å². The summed E-state index contributed by atoms with van der Waals surface area (Å²) in [6.07, 6.45) is 9.58. The van der Waals surface area contributed by atoms with Gasteiger partial charge in [-0.25, -0.2) is 0 Å². The van der Waals surface area contributed by atoms with E-state index in [0.29, 0.717) is 19.0 Å². The zero-order valence-corrected chi connectivity index (χ0v) is 15.6. The van der Waals surface area contributed by atoms with Gasteiger partial charge in [-0.2, -0.15) is 22.1 Å². The molecule has 0 radical (unpaired) electrons. The largest absolute Gasteiger partial charge is 0.281 e. The zero-order valence-electron chi connectivity index (χ0n) is 14.8. The van der Waals surface area contributed by atoms with Gasteiger partial charge >= 0.3 is 0 Å². The molecule has 0 unspecified atom stereocenters. The van der Waals surface area contributed by atoms with Gasteiger partial charge in [-0.05, 0) is 25.2 Å². The second-order valence-electron chi connectivity index (χ2n) is 6.59. The van der Waals surface area contributed by atoms with E-state index in [0.717, 1.165) is 36.2 Å². The number of aryl methyl sites for hydroxylation is 1. The molecule has 1 saturated heterocycles. The molecule has 1 aliphatic rings. The van der Waals surface area contributed by atoms with Crippen molar-refractivity contribution in [1.29, 1.82) is 0 Å². The van der Waals surface area contributed by atoms with Gasteiger partial charge < -0.3 is 0 Å². The molecule has 0 N–H and O–H groups in total. The summed E-state index contributed by atoms with van der Waals surface area (Å²) in [5, 5.41) is 4.21. The van der Waals surface area contributed by atoms with Crippen LogP contribution in [0.15, 0.2) is 24.8 Å². The van der Waals surface area contributed by atoms with Gasteiger partial charge in [-0.15, -0.1) is 0 Å². The number of rotatable bonds is 5. The van der Waals surface area contributed by atoms with Crippen LogP contribution in [0.25, 0.3) is 11.3 Å². The Balaban J connectivity index is 1.69. The Labute approximate surface area is 148 Å². The molecule has 1 aliphatic heterocycles. The molecular formula is C16H24N6O2S. The van der Waals surface area contributed by atoms with Crippen molar-refractivity contribution in [1.82, 2.24) is 28.4 Å². The lowest BCUT2D eigenvalue weighted by atomic mass is 9.92. The summed E-state index contributed by atoms with van der Waals surface area (Å²) in [5.74, 6) is 0.403. The SMILES string of the molecule is CN(C)S(=O)(=O)N1CCC(Cc2nccnc2-c2cnn(C)c2)CC1. The Kier molecular flexibility index (Phi) is 5.16. The summed E-state index contributed by atoms with van der Waals surface area (Å²) in [5.41, 5.74) is 2.77. The van der Waals surface area contributed by atoms with Gasteiger partial charge in [0.1, 0.15) is 0 Å². The standard InChI is InChI=1S/C16H24N6O2S/c1-20(2)25(23,24)22-8-4-13(5-9-22)10-15-16(18-7-6-17-15)14-11-19-21(3)12-14/h6-7,11-13H,4-5,8-10H2,1-3H3. The normalized spacial score (nSPS) is 17.3. The third-order valence-electron chi connectivity index (χ3n) is 4.60. The van der Waals surface area contributed by atoms with E-state index in [1.54, 1.807) is 41.7 Å². The van der Waals surface area contributed by atoms with Crippen molar-refractivity contribution in [3.63, 3.8) is 0 Å². The third kappa shape index (κ3) is 3.88. The van der Waals surface area contributed by atoms with Gasteiger partial charge in [0.05, 0.1) is 17.6 Å². The second-order valence-corrected chi connectivity index (χ2v) is 8.73. The molecule has 9 heteroatoms. The highest BCUT2D eigenvalue weighted by Gasteiger charge is 2.30. The van der Waals surface area contributed by atoms with Crippen LogP contribution >= 0.6 is 0 Å². The van der Waals surface area contributed by atoms with E-state index in [1.165, 1.54) is 4.31 Å². The van der Waals surface area contributed by atoms with E-state index in [2.05, 4.69) is 15.1 Å². The fourth-order valence-electron chi connectivity index (χ4n) is 3.15. The lowest BCUT2D eigenvalue weighted by molar-refractivity contribution is 0.261. The van der Waals surface area contributed by atoms with Crippen LogP contribution in [0.3, 0.4) is 0 Å². The molecule has 0 spiro atoms. The van der Waals surface area contributed by atoms with Crippen molar-refractivity contribution in [2.24, 2.45) is 13.0 Å². The summed E-state index contributed by atoms with van der Waals surface area (Å²) >= 11 is 0. The van der Waals surface area contributed by atoms with Crippen LogP contribution in [0, 0.1) is 5.92 Å². The van der Waals surface area contributed by atoms with Gasteiger partial charge in [0.2, 0.25) is 0 Å². The molecule has 25 heavy (non-hydrogen) atoms. The van der Waals surface area contributed by atoms with E-state index < -0.39 is 10.2 Å². The number of hydrogen-bond donors (Lipinski definition) is 0. The van der Waals surface area contributed by atoms with Crippen molar-refractivity contribution in [3.8, 4) is 11.3 Å². The molecule has 0 atom stereocenters. The highest BCUT2D eigenvalue weighted by Crippen LogP contribution is 2.27. The van der Waals surface area contributed by atoms with Crippen LogP contribution in [0.1, 0.15) is 18.5 Å². The fraction of sp³-hybridized carbons (Fsp3) is 0.562. The first kappa shape index (κ1) is 18.0. The van der Waals surface area contributed by atoms with Gasteiger partial charge in [0.15, 0.2) is 0 Å². The third-order valence-corrected chi connectivity index (χ3v) is 6.54. The van der Waals surface area contributed by atoms with E-state index >= 15 is 0 Å². The molecule has 0 aliphatic carbocycles. The lowest BCUT2D eigenvalue weighted by Crippen LogP contribution is -2.44. The predicted molar refractivity (Wildman–Crippen MR) is 94.8 cm³/mol. The minimum absolute atomic E-state index is 0.403. The first-order chi connectivity index (χ1) is 11.9. The average molecular weight is 364 g/mol. The summed E-state index contributed by atoms with van der Waals surface area (Å²) < 4.78 is 29.0. The molecule has 0 saturated carbocycles. The second kappa shape index (κ2) is 7.19. The number of piperidine rings is 1. The molecule has 3 heterocycles. The summed E-state index contributed by atoms with van der Waals surface area (Å²) in [4.78, 5) is 8.99. The highest BCUT2D eigenvalue weighted by atomic mass is 32.2. The summed E-state index contributed by atoms with van der Waals surface area (Å²) in [6.45, 7) is 1.10. The fourth-order valence-corrected chi connectivity index (χ4v) is 4.28. The van der Waals surface area contributed by atoms with E-state index in [4.69, 9.17) is 0 Å². The lowest BCUT2D eigenvalue weighted by Gasteiger charge is -2.32. The van der Waals surface area contributed by atoms with Crippen molar-refractivity contribution < 1.29 is 8.42 Å². The van der Waals surface area contributed by atoms with Crippen LogP contribution < -0.4 is 0 Å². The average Bonchev–Trinajstić information content (AvgIpc) is 3.02. The molecular weight excluding hydrogens is 340 g/mol. The number of hydrogen-bond acceptors (Lipinski definition) is 5. The van der Waals surface area contributed by atoms with E-state index in [-0.39, 0.29) is 0 Å². The molecule has 3 rings (SSSR count). The van der Waals surface area contributed by atoms with Crippen LogP contribution in [-0.4, -0.2) is 64.0 Å². The van der Waals surface area contributed by atoms with Gasteiger partial charge in [0.25, 0.3) is 10.2 Å². The molecule has 1 fully saturated rings. The smallest absolute Gasteiger partial charge is 0.275 e. The topological polar surface area (TPSA) is 84.2 Å². The predicted octanol–water partition coefficient (Wildman–Crippen LogP) is 0.938. The first-order valence-corrected chi connectivity index (χ1v) is 9.74. The van der Waals surface area contributed by atoms with Crippen molar-refractivity contribution in [2.75, 3.05) is 27.2 Å². The Hall–Kier alpha value is -1.84. The Morgan fingerprint density at radius 2 is 1.88 bits per heavy atom. The number of aromatic nitrogens is 4. The minimum atomic E-state index is -3.32. The maximum atomic E-state index is 12.2. The van der Waals surface area contributed by atoms with E-state index in [1.807, 2.05) is 13.2 Å². The van der Waals surface area contributed by atoms with Crippen molar-refractivity contribution in [2.45, 2.75) is 19.3 Å². The molecule has 2 aromatic rings. The van der Waals surface area contributed by atoms with Crippen LogP contribution in [-0.2, 0) is 23.7 Å². The van der Waals surface area contributed by atoms with Gasteiger partial charge in [-0.3, -0.25) is 14.6 Å². The van der Waals surface area contributed by atoms with Gasteiger partial charge in [-0.1, -0.05) is 0 Å². The number of nitrogens with zero attached hydrogens (tertiary/aromatic N) is 6. The molecule has 2 aromatic heterocycles. The molecule has 0 aromatic carbocycles. The Morgan fingerprint density at radius 1 is 1.20 bits per heavy atom. The molecule has 0 amide bonds. The minimum Gasteiger partial charge on any atom is -0.275 e. The molecule has 136 valence electrons. The summed E-state index contributed by atoms with van der Waals surface area (Å²) in [7, 11) is 1.70. The molecule has 8 nitrogen and oxygen atoms in total. The summed E-state index contributed by atoms with van der Waals surface area (Å²) in [6, 6.07) is 0. The van der Waals surface area contributed by atoms with Crippen molar-refractivity contribution >= 4 is 10.2 Å². The first-order valence-electron chi connectivity index (χ1n) is 8.34. The highest BCUT2D eigenvalue weighted by molar-refractivity contribution is 7.86.